The summed E-state index contributed by atoms with van der Waals surface area (Å²) in [4.78, 5) is 0. The highest BCUT2D eigenvalue weighted by Crippen LogP contribution is 2.19. The van der Waals surface area contributed by atoms with Crippen LogP contribution in [0.3, 0.4) is 0 Å². The van der Waals surface area contributed by atoms with Crippen LogP contribution in [0.1, 0.15) is 0 Å². The van der Waals surface area contributed by atoms with Crippen molar-refractivity contribution in [2.24, 2.45) is 0 Å². The van der Waals surface area contributed by atoms with Gasteiger partial charge >= 0.3 is 0 Å². The molecular formula is C9H13FOSi. The molecule has 0 heterocycles. The quantitative estimate of drug-likeness (QED) is 0.642. The normalized spacial score (nSPS) is 11.3. The van der Waals surface area contributed by atoms with Crippen molar-refractivity contribution in [3.63, 3.8) is 0 Å². The van der Waals surface area contributed by atoms with E-state index in [2.05, 4.69) is 0 Å². The van der Waals surface area contributed by atoms with Gasteiger partial charge in [0.1, 0.15) is 5.75 Å². The molecule has 0 radical (unpaired) electrons. The van der Waals surface area contributed by atoms with E-state index in [0.29, 0.717) is 5.75 Å². The highest BCUT2D eigenvalue weighted by atomic mass is 28.4. The average Bonchev–Trinajstić information content (AvgIpc) is 1.91. The molecule has 0 aliphatic carbocycles. The maximum absolute atomic E-state index is 13.0. The van der Waals surface area contributed by atoms with Crippen molar-refractivity contribution in [2.75, 3.05) is 0 Å². The van der Waals surface area contributed by atoms with Gasteiger partial charge in [0, 0.05) is 0 Å². The second kappa shape index (κ2) is 3.27. The van der Waals surface area contributed by atoms with Crippen LogP contribution >= 0.6 is 0 Å². The fourth-order valence-corrected chi connectivity index (χ4v) is 1.68. The van der Waals surface area contributed by atoms with Gasteiger partial charge in [0.2, 0.25) is 8.32 Å². The first-order valence-corrected chi connectivity index (χ1v) is 7.33. The van der Waals surface area contributed by atoms with Crippen LogP contribution in [0, 0.1) is 5.82 Å². The third-order valence-electron chi connectivity index (χ3n) is 1.25. The second-order valence-electron chi connectivity index (χ2n) is 3.64. The van der Waals surface area contributed by atoms with E-state index in [0.717, 1.165) is 0 Å². The standard InChI is InChI=1S/C9H13FOSi/c1-12(2,3)11-9-7-5-4-6-8(9)10/h4-7H,1-3H3. The summed E-state index contributed by atoms with van der Waals surface area (Å²) in [6.45, 7) is 6.08. The smallest absolute Gasteiger partial charge is 0.242 e. The highest BCUT2D eigenvalue weighted by Gasteiger charge is 2.17. The Labute approximate surface area is 73.3 Å². The summed E-state index contributed by atoms with van der Waals surface area (Å²) in [5.74, 6) is 0.0941. The van der Waals surface area contributed by atoms with Crippen LogP contribution in [0.2, 0.25) is 19.6 Å². The number of benzene rings is 1. The zero-order valence-electron chi connectivity index (χ0n) is 7.60. The molecule has 1 aromatic rings. The molecule has 0 atom stereocenters. The minimum atomic E-state index is -1.67. The van der Waals surface area contributed by atoms with Crippen molar-refractivity contribution >= 4 is 8.32 Å². The molecule has 0 saturated heterocycles. The summed E-state index contributed by atoms with van der Waals surface area (Å²) >= 11 is 0. The van der Waals surface area contributed by atoms with Crippen molar-refractivity contribution in [2.45, 2.75) is 19.6 Å². The summed E-state index contributed by atoms with van der Waals surface area (Å²) in [5, 5.41) is 0. The van der Waals surface area contributed by atoms with E-state index >= 15 is 0 Å². The van der Waals surface area contributed by atoms with Gasteiger partial charge in [0.25, 0.3) is 0 Å². The molecule has 1 nitrogen and oxygen atoms in total. The van der Waals surface area contributed by atoms with Gasteiger partial charge in [-0.25, -0.2) is 4.39 Å². The summed E-state index contributed by atoms with van der Waals surface area (Å²) in [6.07, 6.45) is 0. The van der Waals surface area contributed by atoms with Gasteiger partial charge in [0.15, 0.2) is 5.82 Å². The second-order valence-corrected chi connectivity index (χ2v) is 8.07. The maximum atomic E-state index is 13.0. The Bertz CT molecular complexity index is 267. The molecule has 0 aliphatic rings. The molecule has 0 aromatic heterocycles. The van der Waals surface area contributed by atoms with Crippen LogP contribution in [0.15, 0.2) is 24.3 Å². The van der Waals surface area contributed by atoms with Crippen LogP contribution in [0.5, 0.6) is 5.75 Å². The van der Waals surface area contributed by atoms with Crippen LogP contribution in [0.25, 0.3) is 0 Å². The molecular weight excluding hydrogens is 171 g/mol. The van der Waals surface area contributed by atoms with Crippen LogP contribution < -0.4 is 4.43 Å². The number of halogens is 1. The number of hydrogen-bond donors (Lipinski definition) is 0. The Morgan fingerprint density at radius 1 is 1.17 bits per heavy atom. The van der Waals surface area contributed by atoms with E-state index in [1.54, 1.807) is 18.2 Å². The summed E-state index contributed by atoms with van der Waals surface area (Å²) in [6, 6.07) is 6.51. The number of hydrogen-bond acceptors (Lipinski definition) is 1. The summed E-state index contributed by atoms with van der Waals surface area (Å²) < 4.78 is 18.5. The third-order valence-corrected chi connectivity index (χ3v) is 2.09. The van der Waals surface area contributed by atoms with E-state index in [9.17, 15) is 4.39 Å². The Morgan fingerprint density at radius 2 is 1.75 bits per heavy atom. The van der Waals surface area contributed by atoms with Gasteiger partial charge in [-0.2, -0.15) is 0 Å². The summed E-state index contributed by atoms with van der Waals surface area (Å²) in [5.41, 5.74) is 0. The maximum Gasteiger partial charge on any atom is 0.242 e. The van der Waals surface area contributed by atoms with Crippen LogP contribution in [-0.2, 0) is 0 Å². The predicted molar refractivity (Wildman–Crippen MR) is 50.4 cm³/mol. The topological polar surface area (TPSA) is 9.23 Å². The largest absolute Gasteiger partial charge is 0.542 e. The molecule has 0 spiro atoms. The van der Waals surface area contributed by atoms with Crippen molar-refractivity contribution in [1.29, 1.82) is 0 Å². The van der Waals surface area contributed by atoms with Crippen molar-refractivity contribution in [3.8, 4) is 5.75 Å². The number of para-hydroxylation sites is 1. The zero-order valence-corrected chi connectivity index (χ0v) is 8.60. The predicted octanol–water partition coefficient (Wildman–Crippen LogP) is 3.04. The lowest BCUT2D eigenvalue weighted by Crippen LogP contribution is -2.29. The third kappa shape index (κ3) is 2.66. The van der Waals surface area contributed by atoms with Gasteiger partial charge in [-0.3, -0.25) is 0 Å². The molecule has 3 heteroatoms. The average molecular weight is 184 g/mol. The SMILES string of the molecule is C[Si](C)(C)Oc1ccccc1F. The molecule has 12 heavy (non-hydrogen) atoms. The summed E-state index contributed by atoms with van der Waals surface area (Å²) in [7, 11) is -1.67. The molecule has 0 N–H and O–H groups in total. The minimum absolute atomic E-state index is 0.278. The fraction of sp³-hybridized carbons (Fsp3) is 0.333. The minimum Gasteiger partial charge on any atom is -0.542 e. The van der Waals surface area contributed by atoms with Crippen molar-refractivity contribution in [3.05, 3.63) is 30.1 Å². The van der Waals surface area contributed by atoms with Gasteiger partial charge in [-0.05, 0) is 31.8 Å². The Kier molecular flexibility index (Phi) is 2.52. The van der Waals surface area contributed by atoms with Crippen molar-refractivity contribution < 1.29 is 8.82 Å². The molecule has 0 fully saturated rings. The van der Waals surface area contributed by atoms with E-state index in [-0.39, 0.29) is 5.82 Å². The van der Waals surface area contributed by atoms with E-state index < -0.39 is 8.32 Å². The lowest BCUT2D eigenvalue weighted by molar-refractivity contribution is 0.496. The molecule has 1 aromatic carbocycles. The Hall–Kier alpha value is -0.833. The Morgan fingerprint density at radius 3 is 2.25 bits per heavy atom. The lowest BCUT2D eigenvalue weighted by Gasteiger charge is -2.19. The van der Waals surface area contributed by atoms with Crippen LogP contribution in [0.4, 0.5) is 4.39 Å². The first kappa shape index (κ1) is 9.26. The monoisotopic (exact) mass is 184 g/mol. The van der Waals surface area contributed by atoms with Gasteiger partial charge in [-0.1, -0.05) is 12.1 Å². The zero-order chi connectivity index (χ0) is 9.19. The van der Waals surface area contributed by atoms with Crippen molar-refractivity contribution in [1.82, 2.24) is 0 Å². The van der Waals surface area contributed by atoms with Crippen LogP contribution in [-0.4, -0.2) is 8.32 Å². The first-order chi connectivity index (χ1) is 5.49. The van der Waals surface area contributed by atoms with Gasteiger partial charge < -0.3 is 4.43 Å². The number of rotatable bonds is 2. The fourth-order valence-electron chi connectivity index (χ4n) is 0.857. The molecule has 0 aliphatic heterocycles. The lowest BCUT2D eigenvalue weighted by atomic mass is 10.3. The molecule has 0 bridgehead atoms. The molecule has 0 amide bonds. The Balaban J connectivity index is 2.83. The highest BCUT2D eigenvalue weighted by molar-refractivity contribution is 6.70. The van der Waals surface area contributed by atoms with E-state index in [4.69, 9.17) is 4.43 Å². The molecule has 66 valence electrons. The van der Waals surface area contributed by atoms with Gasteiger partial charge in [0.05, 0.1) is 0 Å². The molecule has 0 unspecified atom stereocenters. The first-order valence-electron chi connectivity index (χ1n) is 3.92. The van der Waals surface area contributed by atoms with E-state index in [1.165, 1.54) is 6.07 Å². The van der Waals surface area contributed by atoms with E-state index in [1.807, 2.05) is 19.6 Å². The van der Waals surface area contributed by atoms with Gasteiger partial charge in [-0.15, -0.1) is 0 Å². The molecule has 1 rings (SSSR count). The molecule has 0 saturated carbocycles.